The van der Waals surface area contributed by atoms with Crippen molar-refractivity contribution in [2.24, 2.45) is 0 Å². The quantitative estimate of drug-likeness (QED) is 0.778. The summed E-state index contributed by atoms with van der Waals surface area (Å²) in [6, 6.07) is 11.2. The zero-order valence-corrected chi connectivity index (χ0v) is 10.7. The van der Waals surface area contributed by atoms with Crippen LogP contribution in [0.4, 0.5) is 5.69 Å². The fourth-order valence-electron chi connectivity index (χ4n) is 1.85. The Morgan fingerprint density at radius 2 is 1.68 bits per heavy atom. The second-order valence-corrected chi connectivity index (χ2v) is 4.53. The second-order valence-electron chi connectivity index (χ2n) is 4.09. The first kappa shape index (κ1) is 11.7. The van der Waals surface area contributed by atoms with Gasteiger partial charge in [0.05, 0.1) is 17.6 Å². The van der Waals surface area contributed by atoms with E-state index < -0.39 is 0 Å². The maximum Gasteiger partial charge on any atom is 0.116 e. The van der Waals surface area contributed by atoms with Gasteiger partial charge in [-0.25, -0.2) is 4.68 Å². The van der Waals surface area contributed by atoms with Gasteiger partial charge in [0.15, 0.2) is 0 Å². The van der Waals surface area contributed by atoms with Gasteiger partial charge in [0, 0.05) is 23.0 Å². The van der Waals surface area contributed by atoms with Crippen molar-refractivity contribution in [1.29, 1.82) is 0 Å². The minimum Gasteiger partial charge on any atom is -0.396 e. The van der Waals surface area contributed by atoms with Gasteiger partial charge in [0.25, 0.3) is 0 Å². The Bertz CT molecular complexity index is 689. The Morgan fingerprint density at radius 3 is 2.37 bits per heavy atom. The Morgan fingerprint density at radius 1 is 1.00 bits per heavy atom. The molecule has 3 rings (SSSR count). The lowest BCUT2D eigenvalue weighted by Crippen LogP contribution is -1.94. The van der Waals surface area contributed by atoms with Crippen LogP contribution in [0.15, 0.2) is 55.0 Å². The monoisotopic (exact) mass is 270 g/mol. The summed E-state index contributed by atoms with van der Waals surface area (Å²) >= 11 is 5.87. The number of anilines is 1. The molecule has 2 heterocycles. The van der Waals surface area contributed by atoms with Gasteiger partial charge in [0.1, 0.15) is 5.69 Å². The fourth-order valence-corrected chi connectivity index (χ4v) is 1.97. The summed E-state index contributed by atoms with van der Waals surface area (Å²) in [4.78, 5) is 3.99. The number of halogens is 1. The van der Waals surface area contributed by atoms with Crippen LogP contribution in [-0.4, -0.2) is 14.8 Å². The normalized spacial score (nSPS) is 10.6. The second kappa shape index (κ2) is 4.74. The molecule has 0 aliphatic heterocycles. The van der Waals surface area contributed by atoms with Gasteiger partial charge in [-0.15, -0.1) is 0 Å². The largest absolute Gasteiger partial charge is 0.396 e. The van der Waals surface area contributed by atoms with Crippen LogP contribution in [-0.2, 0) is 0 Å². The maximum absolute atomic E-state index is 6.01. The van der Waals surface area contributed by atoms with Crippen LogP contribution in [0, 0.1) is 0 Å². The molecule has 3 aromatic rings. The van der Waals surface area contributed by atoms with Crippen molar-refractivity contribution in [3.63, 3.8) is 0 Å². The number of hydrogen-bond donors (Lipinski definition) is 1. The number of nitrogen functional groups attached to an aromatic ring is 1. The zero-order chi connectivity index (χ0) is 13.2. The van der Waals surface area contributed by atoms with E-state index in [1.807, 2.05) is 36.4 Å². The van der Waals surface area contributed by atoms with Crippen LogP contribution in [0.5, 0.6) is 0 Å². The molecule has 0 spiro atoms. The highest BCUT2D eigenvalue weighted by Crippen LogP contribution is 2.25. The van der Waals surface area contributed by atoms with Crippen molar-refractivity contribution in [3.05, 3.63) is 60.0 Å². The Balaban J connectivity index is 2.04. The highest BCUT2D eigenvalue weighted by atomic mass is 35.5. The molecule has 0 radical (unpaired) electrons. The van der Waals surface area contributed by atoms with E-state index in [0.29, 0.717) is 10.7 Å². The van der Waals surface area contributed by atoms with Crippen LogP contribution in [0.3, 0.4) is 0 Å². The van der Waals surface area contributed by atoms with Crippen molar-refractivity contribution < 1.29 is 0 Å². The highest BCUT2D eigenvalue weighted by molar-refractivity contribution is 6.30. The smallest absolute Gasteiger partial charge is 0.116 e. The number of pyridine rings is 1. The summed E-state index contributed by atoms with van der Waals surface area (Å²) in [5, 5.41) is 5.19. The number of hydrogen-bond acceptors (Lipinski definition) is 3. The Kier molecular flexibility index (Phi) is 2.93. The third-order valence-electron chi connectivity index (χ3n) is 2.79. The minimum atomic E-state index is 0.626. The van der Waals surface area contributed by atoms with Crippen molar-refractivity contribution in [1.82, 2.24) is 14.8 Å². The lowest BCUT2D eigenvalue weighted by atomic mass is 10.2. The van der Waals surface area contributed by atoms with Gasteiger partial charge in [0.2, 0.25) is 0 Å². The average molecular weight is 271 g/mol. The van der Waals surface area contributed by atoms with E-state index in [-0.39, 0.29) is 0 Å². The fraction of sp³-hybridized carbons (Fsp3) is 0. The average Bonchev–Trinajstić information content (AvgIpc) is 2.83. The first-order chi connectivity index (χ1) is 9.24. The molecule has 19 heavy (non-hydrogen) atoms. The van der Waals surface area contributed by atoms with Crippen LogP contribution in [0.25, 0.3) is 16.9 Å². The van der Waals surface area contributed by atoms with Crippen LogP contribution in [0.1, 0.15) is 0 Å². The number of aromatic nitrogens is 3. The van der Waals surface area contributed by atoms with Crippen LogP contribution >= 0.6 is 11.6 Å². The van der Waals surface area contributed by atoms with Gasteiger partial charge in [-0.3, -0.25) is 4.98 Å². The van der Waals surface area contributed by atoms with E-state index in [9.17, 15) is 0 Å². The molecule has 0 bridgehead atoms. The molecule has 1 aromatic carbocycles. The molecule has 4 nitrogen and oxygen atoms in total. The first-order valence-electron chi connectivity index (χ1n) is 5.75. The molecule has 0 fully saturated rings. The molecular formula is C14H11ClN4. The SMILES string of the molecule is Nc1cn(-c2ccc(Cl)cc2)nc1-c1ccncc1. The van der Waals surface area contributed by atoms with Crippen molar-refractivity contribution in [2.45, 2.75) is 0 Å². The van der Waals surface area contributed by atoms with E-state index in [2.05, 4.69) is 10.1 Å². The molecule has 0 atom stereocenters. The summed E-state index contributed by atoms with van der Waals surface area (Å²) in [7, 11) is 0. The first-order valence-corrected chi connectivity index (χ1v) is 6.13. The van der Waals surface area contributed by atoms with Crippen molar-refractivity contribution in [2.75, 3.05) is 5.73 Å². The van der Waals surface area contributed by atoms with Gasteiger partial charge in [-0.05, 0) is 36.4 Å². The molecule has 0 saturated carbocycles. The predicted octanol–water partition coefficient (Wildman–Crippen LogP) is 3.17. The third kappa shape index (κ3) is 2.30. The van der Waals surface area contributed by atoms with Gasteiger partial charge >= 0.3 is 0 Å². The number of rotatable bonds is 2. The van der Waals surface area contributed by atoms with Crippen molar-refractivity contribution >= 4 is 17.3 Å². The van der Waals surface area contributed by atoms with Crippen molar-refractivity contribution in [3.8, 4) is 16.9 Å². The standard InChI is InChI=1S/C14H11ClN4/c15-11-1-3-12(4-2-11)19-9-13(16)14(18-19)10-5-7-17-8-6-10/h1-9H,16H2. The lowest BCUT2D eigenvalue weighted by Gasteiger charge is -2.00. The molecule has 0 amide bonds. The van der Waals surface area contributed by atoms with E-state index in [4.69, 9.17) is 17.3 Å². The number of nitrogens with two attached hydrogens (primary N) is 1. The highest BCUT2D eigenvalue weighted by Gasteiger charge is 2.09. The maximum atomic E-state index is 6.01. The molecule has 0 aliphatic rings. The van der Waals surface area contributed by atoms with Crippen LogP contribution in [0.2, 0.25) is 5.02 Å². The minimum absolute atomic E-state index is 0.626. The van der Waals surface area contributed by atoms with Gasteiger partial charge in [-0.1, -0.05) is 11.6 Å². The zero-order valence-electron chi connectivity index (χ0n) is 9.99. The van der Waals surface area contributed by atoms with Gasteiger partial charge in [-0.2, -0.15) is 5.10 Å². The summed E-state index contributed by atoms with van der Waals surface area (Å²) in [6.45, 7) is 0. The van der Waals surface area contributed by atoms with E-state index in [0.717, 1.165) is 16.9 Å². The van der Waals surface area contributed by atoms with Gasteiger partial charge < -0.3 is 5.73 Å². The lowest BCUT2D eigenvalue weighted by molar-refractivity contribution is 0.884. The number of nitrogens with zero attached hydrogens (tertiary/aromatic N) is 3. The topological polar surface area (TPSA) is 56.7 Å². The van der Waals surface area contributed by atoms with Crippen LogP contribution < -0.4 is 5.73 Å². The molecule has 0 aliphatic carbocycles. The summed E-state index contributed by atoms with van der Waals surface area (Å²) in [6.07, 6.45) is 5.23. The predicted molar refractivity (Wildman–Crippen MR) is 76.2 cm³/mol. The molecular weight excluding hydrogens is 260 g/mol. The molecule has 5 heteroatoms. The van der Waals surface area contributed by atoms with E-state index in [1.165, 1.54) is 0 Å². The molecule has 0 unspecified atom stereocenters. The molecule has 2 aromatic heterocycles. The molecule has 2 N–H and O–H groups in total. The summed E-state index contributed by atoms with van der Waals surface area (Å²) < 4.78 is 1.74. The third-order valence-corrected chi connectivity index (χ3v) is 3.04. The number of benzene rings is 1. The summed E-state index contributed by atoms with van der Waals surface area (Å²) in [5.74, 6) is 0. The van der Waals surface area contributed by atoms with E-state index >= 15 is 0 Å². The Hall–Kier alpha value is -2.33. The summed E-state index contributed by atoms with van der Waals surface area (Å²) in [5.41, 5.74) is 9.24. The molecule has 0 saturated heterocycles. The van der Waals surface area contributed by atoms with E-state index in [1.54, 1.807) is 23.3 Å². The Labute approximate surface area is 115 Å². The molecule has 94 valence electrons.